The number of thioether (sulfide) groups is 1. The second-order valence-corrected chi connectivity index (χ2v) is 5.78. The fraction of sp³-hybridized carbons (Fsp3) is 0.500. The van der Waals surface area contributed by atoms with Gasteiger partial charge in [-0.05, 0) is 24.7 Å². The van der Waals surface area contributed by atoms with Gasteiger partial charge >= 0.3 is 0 Å². The Labute approximate surface area is 105 Å². The lowest BCUT2D eigenvalue weighted by Crippen LogP contribution is -2.03. The number of nitrogens with zero attached hydrogens (tertiary/aromatic N) is 3. The summed E-state index contributed by atoms with van der Waals surface area (Å²) in [5.74, 6) is 2.23. The zero-order valence-corrected chi connectivity index (χ0v) is 10.5. The molecule has 1 aliphatic rings. The van der Waals surface area contributed by atoms with Crippen LogP contribution in [-0.2, 0) is 13.0 Å². The zero-order valence-electron chi connectivity index (χ0n) is 9.67. The molecule has 0 aliphatic carbocycles. The summed E-state index contributed by atoms with van der Waals surface area (Å²) in [5.41, 5.74) is 7.67. The number of fused-ring (bicyclic) bond motifs is 1. The van der Waals surface area contributed by atoms with Crippen LogP contribution in [0.1, 0.15) is 24.2 Å². The lowest BCUT2D eigenvalue weighted by Gasteiger charge is -2.02. The first-order valence-electron chi connectivity index (χ1n) is 6.01. The van der Waals surface area contributed by atoms with E-state index in [-0.39, 0.29) is 0 Å². The van der Waals surface area contributed by atoms with Crippen molar-refractivity contribution >= 4 is 17.4 Å². The molecule has 17 heavy (non-hydrogen) atoms. The number of pyridine rings is 1. The minimum atomic E-state index is 0.515. The third-order valence-electron chi connectivity index (χ3n) is 3.14. The number of hydrogen-bond donors (Lipinski definition) is 1. The van der Waals surface area contributed by atoms with Crippen LogP contribution in [-0.4, -0.2) is 25.6 Å². The van der Waals surface area contributed by atoms with E-state index in [9.17, 15) is 0 Å². The molecule has 0 radical (unpaired) electrons. The maximum absolute atomic E-state index is 5.70. The standard InChI is InChI=1S/C12H16N4S/c13-8-9-3-1-5-16-12(9)14-11(15-16)7-10-4-2-6-17-10/h1,3,5,10H,2,4,6-8,13H2. The normalized spacial score (nSPS) is 20.2. The molecule has 1 atom stereocenters. The van der Waals surface area contributed by atoms with Gasteiger partial charge in [0.25, 0.3) is 0 Å². The van der Waals surface area contributed by atoms with Crippen LogP contribution in [0.5, 0.6) is 0 Å². The summed E-state index contributed by atoms with van der Waals surface area (Å²) in [5, 5.41) is 5.22. The van der Waals surface area contributed by atoms with Crippen LogP contribution in [0.2, 0.25) is 0 Å². The summed E-state index contributed by atoms with van der Waals surface area (Å²) in [4.78, 5) is 4.61. The first kappa shape index (κ1) is 11.0. The van der Waals surface area contributed by atoms with E-state index in [4.69, 9.17) is 5.73 Å². The smallest absolute Gasteiger partial charge is 0.160 e. The molecular weight excluding hydrogens is 232 g/mol. The van der Waals surface area contributed by atoms with Crippen molar-refractivity contribution in [3.8, 4) is 0 Å². The molecule has 1 aliphatic heterocycles. The molecule has 2 aromatic heterocycles. The number of rotatable bonds is 3. The predicted octanol–water partition coefficient (Wildman–Crippen LogP) is 1.63. The summed E-state index contributed by atoms with van der Waals surface area (Å²) in [6.07, 6.45) is 5.55. The minimum absolute atomic E-state index is 0.515. The van der Waals surface area contributed by atoms with Crippen molar-refractivity contribution in [2.24, 2.45) is 5.73 Å². The molecule has 0 aromatic carbocycles. The van der Waals surface area contributed by atoms with Gasteiger partial charge in [-0.25, -0.2) is 9.50 Å². The van der Waals surface area contributed by atoms with Gasteiger partial charge in [0.05, 0.1) is 0 Å². The first-order chi connectivity index (χ1) is 8.36. The summed E-state index contributed by atoms with van der Waals surface area (Å²) in [6, 6.07) is 3.98. The Morgan fingerprint density at radius 1 is 1.53 bits per heavy atom. The lowest BCUT2D eigenvalue weighted by atomic mass is 10.2. The molecule has 0 spiro atoms. The third-order valence-corrected chi connectivity index (χ3v) is 4.54. The molecular formula is C12H16N4S. The molecule has 1 saturated heterocycles. The maximum Gasteiger partial charge on any atom is 0.160 e. The molecule has 4 nitrogen and oxygen atoms in total. The second-order valence-electron chi connectivity index (χ2n) is 4.37. The Balaban J connectivity index is 1.90. The van der Waals surface area contributed by atoms with Crippen LogP contribution in [0.25, 0.3) is 5.65 Å². The van der Waals surface area contributed by atoms with Gasteiger partial charge in [0.2, 0.25) is 0 Å². The van der Waals surface area contributed by atoms with Crippen LogP contribution >= 0.6 is 11.8 Å². The Bertz CT molecular complexity index is 516. The molecule has 5 heteroatoms. The van der Waals surface area contributed by atoms with Gasteiger partial charge in [-0.3, -0.25) is 0 Å². The van der Waals surface area contributed by atoms with E-state index in [0.717, 1.165) is 23.5 Å². The van der Waals surface area contributed by atoms with Crippen LogP contribution in [0.3, 0.4) is 0 Å². The average Bonchev–Trinajstić information content (AvgIpc) is 2.97. The van der Waals surface area contributed by atoms with E-state index in [0.29, 0.717) is 11.8 Å². The Kier molecular flexibility index (Phi) is 3.03. The Morgan fingerprint density at radius 2 is 2.47 bits per heavy atom. The topological polar surface area (TPSA) is 56.2 Å². The molecule has 3 rings (SSSR count). The molecule has 2 aromatic rings. The molecule has 0 bridgehead atoms. The van der Waals surface area contributed by atoms with Crippen LogP contribution in [0.4, 0.5) is 0 Å². The summed E-state index contributed by atoms with van der Waals surface area (Å²) in [6.45, 7) is 0.515. The summed E-state index contributed by atoms with van der Waals surface area (Å²) >= 11 is 2.04. The predicted molar refractivity (Wildman–Crippen MR) is 70.1 cm³/mol. The van der Waals surface area contributed by atoms with Crippen molar-refractivity contribution in [3.05, 3.63) is 29.7 Å². The molecule has 90 valence electrons. The van der Waals surface area contributed by atoms with E-state index in [1.165, 1.54) is 18.6 Å². The monoisotopic (exact) mass is 248 g/mol. The van der Waals surface area contributed by atoms with Gasteiger partial charge in [-0.15, -0.1) is 0 Å². The number of aromatic nitrogens is 3. The van der Waals surface area contributed by atoms with Crippen molar-refractivity contribution in [1.82, 2.24) is 14.6 Å². The van der Waals surface area contributed by atoms with Gasteiger partial charge in [0.1, 0.15) is 0 Å². The highest BCUT2D eigenvalue weighted by Crippen LogP contribution is 2.28. The van der Waals surface area contributed by atoms with E-state index in [2.05, 4.69) is 10.1 Å². The average molecular weight is 248 g/mol. The van der Waals surface area contributed by atoms with Crippen LogP contribution in [0, 0.1) is 0 Å². The van der Waals surface area contributed by atoms with Gasteiger partial charge in [0, 0.05) is 30.0 Å². The highest BCUT2D eigenvalue weighted by Gasteiger charge is 2.18. The van der Waals surface area contributed by atoms with Gasteiger partial charge in [-0.1, -0.05) is 6.07 Å². The maximum atomic E-state index is 5.70. The summed E-state index contributed by atoms with van der Waals surface area (Å²) < 4.78 is 1.84. The highest BCUT2D eigenvalue weighted by atomic mass is 32.2. The van der Waals surface area contributed by atoms with E-state index < -0.39 is 0 Å². The molecule has 1 unspecified atom stereocenters. The van der Waals surface area contributed by atoms with Crippen LogP contribution in [0.15, 0.2) is 18.3 Å². The SMILES string of the molecule is NCc1cccn2nc(CC3CCCS3)nc12. The first-order valence-corrected chi connectivity index (χ1v) is 7.06. The minimum Gasteiger partial charge on any atom is -0.326 e. The second kappa shape index (κ2) is 4.66. The molecule has 3 heterocycles. The van der Waals surface area contributed by atoms with Crippen molar-refractivity contribution in [2.75, 3.05) is 5.75 Å². The van der Waals surface area contributed by atoms with Gasteiger partial charge in [-0.2, -0.15) is 16.9 Å². The van der Waals surface area contributed by atoms with E-state index in [1.807, 2.05) is 34.6 Å². The molecule has 2 N–H and O–H groups in total. The van der Waals surface area contributed by atoms with E-state index in [1.54, 1.807) is 0 Å². The van der Waals surface area contributed by atoms with Crippen LogP contribution < -0.4 is 5.73 Å². The number of hydrogen-bond acceptors (Lipinski definition) is 4. The highest BCUT2D eigenvalue weighted by molar-refractivity contribution is 8.00. The number of nitrogens with two attached hydrogens (primary N) is 1. The fourth-order valence-electron chi connectivity index (χ4n) is 2.26. The molecule has 1 fully saturated rings. The molecule has 0 amide bonds. The fourth-order valence-corrected chi connectivity index (χ4v) is 3.53. The van der Waals surface area contributed by atoms with Gasteiger partial charge in [0.15, 0.2) is 11.5 Å². The summed E-state index contributed by atoms with van der Waals surface area (Å²) in [7, 11) is 0. The molecule has 0 saturated carbocycles. The Hall–Kier alpha value is -1.07. The zero-order chi connectivity index (χ0) is 11.7. The van der Waals surface area contributed by atoms with Crippen molar-refractivity contribution in [1.29, 1.82) is 0 Å². The van der Waals surface area contributed by atoms with Crippen molar-refractivity contribution in [2.45, 2.75) is 31.1 Å². The van der Waals surface area contributed by atoms with Crippen molar-refractivity contribution in [3.63, 3.8) is 0 Å². The van der Waals surface area contributed by atoms with E-state index >= 15 is 0 Å². The lowest BCUT2D eigenvalue weighted by molar-refractivity contribution is 0.742. The largest absolute Gasteiger partial charge is 0.326 e. The van der Waals surface area contributed by atoms with Gasteiger partial charge < -0.3 is 5.73 Å². The Morgan fingerprint density at radius 3 is 3.24 bits per heavy atom. The third kappa shape index (κ3) is 2.17. The van der Waals surface area contributed by atoms with Crippen molar-refractivity contribution < 1.29 is 0 Å². The quantitative estimate of drug-likeness (QED) is 0.897.